The second kappa shape index (κ2) is 7.29. The summed E-state index contributed by atoms with van der Waals surface area (Å²) in [5.41, 5.74) is 1.10. The van der Waals surface area contributed by atoms with E-state index in [0.717, 1.165) is 15.8 Å². The van der Waals surface area contributed by atoms with E-state index in [1.165, 1.54) is 0 Å². The van der Waals surface area contributed by atoms with Gasteiger partial charge in [0.05, 0.1) is 7.11 Å². The number of methoxy groups -OCH3 is 1. The van der Waals surface area contributed by atoms with Gasteiger partial charge < -0.3 is 15.2 Å². The van der Waals surface area contributed by atoms with E-state index in [-0.39, 0.29) is 6.42 Å². The SMILES string of the molecule is COc1ccc(Br)c(CNCCCC(=O)O)c1. The maximum atomic E-state index is 10.3. The molecule has 0 heterocycles. The maximum absolute atomic E-state index is 10.3. The smallest absolute Gasteiger partial charge is 0.303 e. The van der Waals surface area contributed by atoms with E-state index in [0.29, 0.717) is 19.5 Å². The van der Waals surface area contributed by atoms with E-state index in [2.05, 4.69) is 21.2 Å². The van der Waals surface area contributed by atoms with Crippen LogP contribution in [-0.4, -0.2) is 24.7 Å². The first-order valence-corrected chi connectivity index (χ1v) is 6.17. The molecule has 0 saturated heterocycles. The summed E-state index contributed by atoms with van der Waals surface area (Å²) in [7, 11) is 1.63. The van der Waals surface area contributed by atoms with Gasteiger partial charge in [-0.15, -0.1) is 0 Å². The highest BCUT2D eigenvalue weighted by Crippen LogP contribution is 2.22. The number of rotatable bonds is 7. The Labute approximate surface area is 109 Å². The Hall–Kier alpha value is -1.07. The predicted octanol–water partition coefficient (Wildman–Crippen LogP) is 2.41. The lowest BCUT2D eigenvalue weighted by Crippen LogP contribution is -2.16. The van der Waals surface area contributed by atoms with Gasteiger partial charge >= 0.3 is 5.97 Å². The molecule has 0 aromatic heterocycles. The molecule has 0 unspecified atom stereocenters. The lowest BCUT2D eigenvalue weighted by atomic mass is 10.2. The van der Waals surface area contributed by atoms with Crippen LogP contribution < -0.4 is 10.1 Å². The van der Waals surface area contributed by atoms with Crippen LogP contribution in [0.3, 0.4) is 0 Å². The number of carboxylic acid groups (broad SMARTS) is 1. The second-order valence-electron chi connectivity index (χ2n) is 3.63. The van der Waals surface area contributed by atoms with Crippen molar-refractivity contribution in [2.75, 3.05) is 13.7 Å². The van der Waals surface area contributed by atoms with E-state index < -0.39 is 5.97 Å². The van der Waals surface area contributed by atoms with Gasteiger partial charge in [0.1, 0.15) is 5.75 Å². The summed E-state index contributed by atoms with van der Waals surface area (Å²) in [5, 5.41) is 11.7. The third-order valence-electron chi connectivity index (χ3n) is 2.31. The van der Waals surface area contributed by atoms with Crippen LogP contribution in [0.15, 0.2) is 22.7 Å². The number of carbonyl (C=O) groups is 1. The van der Waals surface area contributed by atoms with Crippen LogP contribution in [0.1, 0.15) is 18.4 Å². The topological polar surface area (TPSA) is 58.6 Å². The molecule has 0 fully saturated rings. The van der Waals surface area contributed by atoms with E-state index in [9.17, 15) is 4.79 Å². The Morgan fingerprint density at radius 1 is 1.53 bits per heavy atom. The summed E-state index contributed by atoms with van der Waals surface area (Å²) in [4.78, 5) is 10.3. The van der Waals surface area contributed by atoms with Crippen molar-refractivity contribution in [2.45, 2.75) is 19.4 Å². The normalized spacial score (nSPS) is 10.2. The standard InChI is InChI=1S/C12H16BrNO3/c1-17-10-4-5-11(13)9(7-10)8-14-6-2-3-12(15)16/h4-5,7,14H,2-3,6,8H2,1H3,(H,15,16). The molecular formula is C12H16BrNO3. The van der Waals surface area contributed by atoms with Gasteiger partial charge in [-0.05, 0) is 36.7 Å². The molecule has 0 spiro atoms. The fourth-order valence-electron chi connectivity index (χ4n) is 1.40. The zero-order chi connectivity index (χ0) is 12.7. The summed E-state index contributed by atoms with van der Waals surface area (Å²) in [6, 6.07) is 5.78. The quantitative estimate of drug-likeness (QED) is 0.759. The van der Waals surface area contributed by atoms with Gasteiger partial charge in [-0.1, -0.05) is 15.9 Å². The van der Waals surface area contributed by atoms with Crippen LogP contribution >= 0.6 is 15.9 Å². The van der Waals surface area contributed by atoms with Crippen molar-refractivity contribution in [1.29, 1.82) is 0 Å². The lowest BCUT2D eigenvalue weighted by molar-refractivity contribution is -0.137. The zero-order valence-corrected chi connectivity index (χ0v) is 11.3. The molecule has 0 saturated carbocycles. The van der Waals surface area contributed by atoms with Crippen molar-refractivity contribution in [3.63, 3.8) is 0 Å². The summed E-state index contributed by atoms with van der Waals surface area (Å²) in [6.45, 7) is 1.38. The Morgan fingerprint density at radius 2 is 2.29 bits per heavy atom. The lowest BCUT2D eigenvalue weighted by Gasteiger charge is -2.08. The number of benzene rings is 1. The van der Waals surface area contributed by atoms with Crippen molar-refractivity contribution in [3.8, 4) is 5.75 Å². The minimum Gasteiger partial charge on any atom is -0.497 e. The molecule has 94 valence electrons. The third kappa shape index (κ3) is 5.19. The molecule has 0 amide bonds. The molecule has 17 heavy (non-hydrogen) atoms. The van der Waals surface area contributed by atoms with Gasteiger partial charge in [0.15, 0.2) is 0 Å². The van der Waals surface area contributed by atoms with Crippen LogP contribution in [0.2, 0.25) is 0 Å². The molecule has 1 rings (SSSR count). The molecule has 4 nitrogen and oxygen atoms in total. The van der Waals surface area contributed by atoms with Gasteiger partial charge in [0, 0.05) is 17.4 Å². The van der Waals surface area contributed by atoms with Gasteiger partial charge in [-0.25, -0.2) is 0 Å². The molecule has 0 aliphatic carbocycles. The molecule has 0 radical (unpaired) electrons. The minimum atomic E-state index is -0.755. The van der Waals surface area contributed by atoms with Crippen LogP contribution in [0.5, 0.6) is 5.75 Å². The fourth-order valence-corrected chi connectivity index (χ4v) is 1.79. The molecule has 5 heteroatoms. The molecule has 2 N–H and O–H groups in total. The highest BCUT2D eigenvalue weighted by Gasteiger charge is 2.02. The highest BCUT2D eigenvalue weighted by atomic mass is 79.9. The minimum absolute atomic E-state index is 0.201. The monoisotopic (exact) mass is 301 g/mol. The third-order valence-corrected chi connectivity index (χ3v) is 3.09. The Morgan fingerprint density at radius 3 is 2.94 bits per heavy atom. The number of halogens is 1. The molecule has 0 aliphatic rings. The Bertz CT molecular complexity index is 382. The first kappa shape index (κ1) is 14.0. The average molecular weight is 302 g/mol. The molecule has 1 aromatic carbocycles. The average Bonchev–Trinajstić information content (AvgIpc) is 2.30. The summed E-state index contributed by atoms with van der Waals surface area (Å²) >= 11 is 3.46. The van der Waals surface area contributed by atoms with Gasteiger partial charge in [-0.2, -0.15) is 0 Å². The summed E-state index contributed by atoms with van der Waals surface area (Å²) in [6.07, 6.45) is 0.837. The number of hydrogen-bond acceptors (Lipinski definition) is 3. The van der Waals surface area contributed by atoms with Crippen molar-refractivity contribution < 1.29 is 14.6 Å². The van der Waals surface area contributed by atoms with Crippen LogP contribution in [-0.2, 0) is 11.3 Å². The van der Waals surface area contributed by atoms with E-state index in [1.807, 2.05) is 18.2 Å². The van der Waals surface area contributed by atoms with Gasteiger partial charge in [-0.3, -0.25) is 4.79 Å². The van der Waals surface area contributed by atoms with Gasteiger partial charge in [0.2, 0.25) is 0 Å². The molecule has 0 atom stereocenters. The van der Waals surface area contributed by atoms with Gasteiger partial charge in [0.25, 0.3) is 0 Å². The largest absolute Gasteiger partial charge is 0.497 e. The fraction of sp³-hybridized carbons (Fsp3) is 0.417. The number of aliphatic carboxylic acids is 1. The van der Waals surface area contributed by atoms with Crippen molar-refractivity contribution in [2.24, 2.45) is 0 Å². The molecule has 1 aromatic rings. The van der Waals surface area contributed by atoms with Crippen molar-refractivity contribution in [3.05, 3.63) is 28.2 Å². The van der Waals surface area contributed by atoms with E-state index in [4.69, 9.17) is 9.84 Å². The number of nitrogens with one attached hydrogen (secondary N) is 1. The summed E-state index contributed by atoms with van der Waals surface area (Å²) in [5.74, 6) is 0.0601. The number of carboxylic acids is 1. The first-order chi connectivity index (χ1) is 8.13. The maximum Gasteiger partial charge on any atom is 0.303 e. The molecule has 0 aliphatic heterocycles. The number of ether oxygens (including phenoxy) is 1. The van der Waals surface area contributed by atoms with Crippen molar-refractivity contribution in [1.82, 2.24) is 5.32 Å². The Kier molecular flexibility index (Phi) is 6.00. The Balaban J connectivity index is 2.38. The van der Waals surface area contributed by atoms with E-state index in [1.54, 1.807) is 7.11 Å². The molecule has 0 bridgehead atoms. The predicted molar refractivity (Wildman–Crippen MR) is 69.3 cm³/mol. The first-order valence-electron chi connectivity index (χ1n) is 5.38. The molecular weight excluding hydrogens is 286 g/mol. The summed E-state index contributed by atoms with van der Waals surface area (Å²) < 4.78 is 6.16. The number of hydrogen-bond donors (Lipinski definition) is 2. The van der Waals surface area contributed by atoms with Crippen LogP contribution in [0.4, 0.5) is 0 Å². The second-order valence-corrected chi connectivity index (χ2v) is 4.49. The van der Waals surface area contributed by atoms with E-state index >= 15 is 0 Å². The highest BCUT2D eigenvalue weighted by molar-refractivity contribution is 9.10. The zero-order valence-electron chi connectivity index (χ0n) is 9.70. The van der Waals surface area contributed by atoms with Crippen LogP contribution in [0.25, 0.3) is 0 Å². The van der Waals surface area contributed by atoms with Crippen LogP contribution in [0, 0.1) is 0 Å². The van der Waals surface area contributed by atoms with Crippen molar-refractivity contribution >= 4 is 21.9 Å².